The lowest BCUT2D eigenvalue weighted by Gasteiger charge is -1.98. The van der Waals surface area contributed by atoms with E-state index < -0.39 is 0 Å². The van der Waals surface area contributed by atoms with E-state index in [1.54, 1.807) is 22.7 Å². The third-order valence-corrected chi connectivity index (χ3v) is 4.42. The van der Waals surface area contributed by atoms with Crippen molar-refractivity contribution in [1.82, 2.24) is 0 Å². The van der Waals surface area contributed by atoms with E-state index in [0.29, 0.717) is 0 Å². The van der Waals surface area contributed by atoms with Crippen LogP contribution in [0.4, 0.5) is 0 Å². The van der Waals surface area contributed by atoms with Crippen LogP contribution in [0.1, 0.15) is 0 Å². The first-order chi connectivity index (χ1) is 6.27. The first-order valence-corrected chi connectivity index (χ1v) is 6.09. The Labute approximate surface area is 94.4 Å². The Morgan fingerprint density at radius 1 is 1.23 bits per heavy atom. The summed E-state index contributed by atoms with van der Waals surface area (Å²) in [7, 11) is 0. The van der Waals surface area contributed by atoms with Gasteiger partial charge in [-0.3, -0.25) is 0 Å². The highest BCUT2D eigenvalue weighted by atomic mass is 35.5. The van der Waals surface area contributed by atoms with Crippen LogP contribution in [-0.4, -0.2) is 0 Å². The Morgan fingerprint density at radius 2 is 2.00 bits per heavy atom. The second-order valence-electron chi connectivity index (χ2n) is 2.43. The molecule has 2 rings (SSSR count). The molecule has 0 radical (unpaired) electrons. The van der Waals surface area contributed by atoms with Gasteiger partial charge < -0.3 is 0 Å². The SMILES string of the molecule is S=c1scc(-c2ccccc2Cl)s1. The molecule has 0 saturated carbocycles. The van der Waals surface area contributed by atoms with Crippen molar-refractivity contribution in [1.29, 1.82) is 0 Å². The van der Waals surface area contributed by atoms with Gasteiger partial charge in [0, 0.05) is 20.8 Å². The number of benzene rings is 1. The van der Waals surface area contributed by atoms with Crippen molar-refractivity contribution in [2.75, 3.05) is 0 Å². The average Bonchev–Trinajstić information content (AvgIpc) is 2.53. The van der Waals surface area contributed by atoms with Crippen LogP contribution in [-0.2, 0) is 0 Å². The summed E-state index contributed by atoms with van der Waals surface area (Å²) in [4.78, 5) is 1.15. The van der Waals surface area contributed by atoms with Gasteiger partial charge in [-0.05, 0) is 6.07 Å². The molecule has 1 heterocycles. The van der Waals surface area contributed by atoms with Crippen molar-refractivity contribution >= 4 is 46.5 Å². The molecule has 0 fully saturated rings. The summed E-state index contributed by atoms with van der Waals surface area (Å²) >= 11 is 14.3. The van der Waals surface area contributed by atoms with E-state index in [4.69, 9.17) is 23.8 Å². The summed E-state index contributed by atoms with van der Waals surface area (Å²) in [6, 6.07) is 7.81. The predicted molar refractivity (Wildman–Crippen MR) is 63.5 cm³/mol. The van der Waals surface area contributed by atoms with E-state index in [0.717, 1.165) is 18.6 Å². The van der Waals surface area contributed by atoms with Crippen LogP contribution >= 0.6 is 46.5 Å². The monoisotopic (exact) mass is 244 g/mol. The van der Waals surface area contributed by atoms with Gasteiger partial charge in [0.1, 0.15) is 3.14 Å². The first-order valence-electron chi connectivity index (χ1n) is 3.61. The molecule has 0 saturated heterocycles. The fourth-order valence-corrected chi connectivity index (χ4v) is 3.47. The Kier molecular flexibility index (Phi) is 2.79. The topological polar surface area (TPSA) is 0 Å². The normalized spacial score (nSPS) is 10.2. The van der Waals surface area contributed by atoms with Gasteiger partial charge in [0.15, 0.2) is 0 Å². The third-order valence-electron chi connectivity index (χ3n) is 1.59. The molecule has 13 heavy (non-hydrogen) atoms. The van der Waals surface area contributed by atoms with Crippen molar-refractivity contribution < 1.29 is 0 Å². The summed E-state index contributed by atoms with van der Waals surface area (Å²) in [5, 5.41) is 2.83. The minimum atomic E-state index is 0.784. The average molecular weight is 245 g/mol. The maximum absolute atomic E-state index is 6.05. The Bertz CT molecular complexity index is 469. The predicted octanol–water partition coefficient (Wildman–Crippen LogP) is 4.86. The zero-order valence-corrected chi connectivity index (χ0v) is 9.69. The molecule has 0 unspecified atom stereocenters. The zero-order valence-electron chi connectivity index (χ0n) is 6.49. The van der Waals surface area contributed by atoms with Gasteiger partial charge in [-0.15, -0.1) is 22.7 Å². The molecule has 0 aliphatic rings. The van der Waals surface area contributed by atoms with E-state index in [9.17, 15) is 0 Å². The van der Waals surface area contributed by atoms with Crippen LogP contribution in [0.15, 0.2) is 29.6 Å². The maximum Gasteiger partial charge on any atom is 0.144 e. The van der Waals surface area contributed by atoms with E-state index in [1.807, 2.05) is 29.6 Å². The molecule has 66 valence electrons. The summed E-state index contributed by atoms with van der Waals surface area (Å²) in [6.07, 6.45) is 0. The molecule has 0 atom stereocenters. The van der Waals surface area contributed by atoms with Crippen molar-refractivity contribution in [2.45, 2.75) is 0 Å². The van der Waals surface area contributed by atoms with Crippen molar-refractivity contribution in [3.63, 3.8) is 0 Å². The molecule has 0 aliphatic heterocycles. The number of hydrogen-bond acceptors (Lipinski definition) is 3. The summed E-state index contributed by atoms with van der Waals surface area (Å²) in [5.74, 6) is 0. The van der Waals surface area contributed by atoms with Gasteiger partial charge in [0.2, 0.25) is 0 Å². The number of hydrogen-bond donors (Lipinski definition) is 0. The van der Waals surface area contributed by atoms with E-state index in [-0.39, 0.29) is 0 Å². The Morgan fingerprint density at radius 3 is 2.62 bits per heavy atom. The molecule has 0 amide bonds. The van der Waals surface area contributed by atoms with Crippen LogP contribution in [0, 0.1) is 3.14 Å². The molecular formula is C9H5ClS3. The third kappa shape index (κ3) is 1.99. The van der Waals surface area contributed by atoms with Crippen LogP contribution in [0.5, 0.6) is 0 Å². The molecule has 0 N–H and O–H groups in total. The second kappa shape index (κ2) is 3.88. The molecule has 0 nitrogen and oxygen atoms in total. The molecule has 0 bridgehead atoms. The largest absolute Gasteiger partial charge is 0.144 e. The highest BCUT2D eigenvalue weighted by Crippen LogP contribution is 2.33. The molecule has 0 spiro atoms. The molecule has 2 aromatic rings. The highest BCUT2D eigenvalue weighted by Gasteiger charge is 2.03. The first kappa shape index (κ1) is 9.34. The molecule has 1 aromatic carbocycles. The van der Waals surface area contributed by atoms with E-state index >= 15 is 0 Å². The summed E-state index contributed by atoms with van der Waals surface area (Å²) in [6.45, 7) is 0. The number of rotatable bonds is 1. The van der Waals surface area contributed by atoms with E-state index in [2.05, 4.69) is 0 Å². The van der Waals surface area contributed by atoms with Gasteiger partial charge in [-0.2, -0.15) is 0 Å². The van der Waals surface area contributed by atoms with Crippen molar-refractivity contribution in [3.05, 3.63) is 37.8 Å². The van der Waals surface area contributed by atoms with Crippen molar-refractivity contribution in [2.24, 2.45) is 0 Å². The highest BCUT2D eigenvalue weighted by molar-refractivity contribution is 7.76. The quantitative estimate of drug-likeness (QED) is 0.646. The molecule has 0 aliphatic carbocycles. The van der Waals surface area contributed by atoms with E-state index in [1.165, 1.54) is 0 Å². The van der Waals surface area contributed by atoms with Crippen LogP contribution in [0.3, 0.4) is 0 Å². The Balaban J connectivity index is 2.58. The fraction of sp³-hybridized carbons (Fsp3) is 0. The molecule has 4 heteroatoms. The van der Waals surface area contributed by atoms with Crippen LogP contribution in [0.25, 0.3) is 10.4 Å². The van der Waals surface area contributed by atoms with Gasteiger partial charge in [-0.25, -0.2) is 0 Å². The van der Waals surface area contributed by atoms with Gasteiger partial charge >= 0.3 is 0 Å². The summed E-state index contributed by atoms with van der Waals surface area (Å²) < 4.78 is 0.940. The van der Waals surface area contributed by atoms with Gasteiger partial charge in [-0.1, -0.05) is 42.0 Å². The van der Waals surface area contributed by atoms with Gasteiger partial charge in [0.05, 0.1) is 0 Å². The van der Waals surface area contributed by atoms with Crippen LogP contribution in [0.2, 0.25) is 5.02 Å². The smallest absolute Gasteiger partial charge is 0.121 e. The lowest BCUT2D eigenvalue weighted by molar-refractivity contribution is 1.70. The fourth-order valence-electron chi connectivity index (χ4n) is 1.02. The van der Waals surface area contributed by atoms with Crippen LogP contribution < -0.4 is 0 Å². The molecule has 1 aromatic heterocycles. The lowest BCUT2D eigenvalue weighted by Crippen LogP contribution is -1.71. The van der Waals surface area contributed by atoms with Crippen molar-refractivity contribution in [3.8, 4) is 10.4 Å². The number of halogens is 1. The minimum Gasteiger partial charge on any atom is -0.121 e. The summed E-state index contributed by atoms with van der Waals surface area (Å²) in [5.41, 5.74) is 1.07. The maximum atomic E-state index is 6.05. The Hall–Kier alpha value is -0.220. The van der Waals surface area contributed by atoms with Gasteiger partial charge in [0.25, 0.3) is 0 Å². The lowest BCUT2D eigenvalue weighted by atomic mass is 10.2. The minimum absolute atomic E-state index is 0.784. The second-order valence-corrected chi connectivity index (χ2v) is 5.95. The zero-order chi connectivity index (χ0) is 9.26. The molecular weight excluding hydrogens is 240 g/mol. The standard InChI is InChI=1S/C9H5ClS3/c10-7-4-2-1-3-6(7)8-5-12-9(11)13-8/h1-5H.